The number of imide groups is 1. The average Bonchev–Trinajstić information content (AvgIpc) is 3.21. The Labute approximate surface area is 177 Å². The maximum atomic E-state index is 13.5. The van der Waals surface area contributed by atoms with E-state index in [0.717, 1.165) is 56.4 Å². The summed E-state index contributed by atoms with van der Waals surface area (Å²) in [5.41, 5.74) is 1.31. The highest BCUT2D eigenvalue weighted by molar-refractivity contribution is 6.10. The zero-order valence-electron chi connectivity index (χ0n) is 17.7. The standard InChI is InChI=1S/C23H30N4O3/c1-24-22(30)27(21(29)23(24)11-5-2-6-12-23)16-20(28)26-15-18-9-7-13-25(18)14-17-8-3-4-10-19(17)26/h3-4,8,10,18H,2,5-7,9,11-16H2,1H3/t18-/m0/s1. The van der Waals surface area contributed by atoms with Crippen LogP contribution in [-0.4, -0.2) is 70.8 Å². The van der Waals surface area contributed by atoms with E-state index in [1.165, 1.54) is 4.90 Å². The van der Waals surface area contributed by atoms with Crippen LogP contribution in [0.5, 0.6) is 0 Å². The number of hydrogen-bond acceptors (Lipinski definition) is 4. The monoisotopic (exact) mass is 410 g/mol. The Hall–Kier alpha value is -2.41. The summed E-state index contributed by atoms with van der Waals surface area (Å²) in [5.74, 6) is -0.354. The van der Waals surface area contributed by atoms with Crippen LogP contribution in [0.4, 0.5) is 10.5 Å². The zero-order chi connectivity index (χ0) is 20.9. The molecule has 1 aromatic rings. The molecule has 0 N–H and O–H groups in total. The largest absolute Gasteiger partial charge is 0.327 e. The van der Waals surface area contributed by atoms with Gasteiger partial charge >= 0.3 is 6.03 Å². The summed E-state index contributed by atoms with van der Waals surface area (Å²) < 4.78 is 0. The molecule has 3 fully saturated rings. The van der Waals surface area contributed by atoms with Gasteiger partial charge in [-0.1, -0.05) is 37.5 Å². The number of nitrogens with zero attached hydrogens (tertiary/aromatic N) is 4. The van der Waals surface area contributed by atoms with E-state index in [0.29, 0.717) is 25.4 Å². The van der Waals surface area contributed by atoms with Crippen LogP contribution in [0.15, 0.2) is 24.3 Å². The van der Waals surface area contributed by atoms with Crippen LogP contribution in [0.1, 0.15) is 50.5 Å². The zero-order valence-corrected chi connectivity index (χ0v) is 17.7. The number of urea groups is 1. The van der Waals surface area contributed by atoms with Crippen LogP contribution in [0.3, 0.4) is 0 Å². The molecule has 5 rings (SSSR count). The third kappa shape index (κ3) is 2.94. The first-order valence-electron chi connectivity index (χ1n) is 11.2. The van der Waals surface area contributed by atoms with Crippen molar-refractivity contribution in [2.45, 2.75) is 63.1 Å². The summed E-state index contributed by atoms with van der Waals surface area (Å²) >= 11 is 0. The normalized spacial score (nSPS) is 26.2. The number of carbonyl (C=O) groups excluding carboxylic acids is 3. The second-order valence-electron chi connectivity index (χ2n) is 9.22. The first-order valence-corrected chi connectivity index (χ1v) is 11.2. The third-order valence-corrected chi connectivity index (χ3v) is 7.63. The van der Waals surface area contributed by atoms with Gasteiger partial charge in [-0.05, 0) is 43.9 Å². The molecule has 7 nitrogen and oxygen atoms in total. The Bertz CT molecular complexity index is 879. The van der Waals surface area contributed by atoms with E-state index in [4.69, 9.17) is 0 Å². The fourth-order valence-corrected chi connectivity index (χ4v) is 5.87. The van der Waals surface area contributed by atoms with Crippen LogP contribution in [-0.2, 0) is 16.1 Å². The minimum absolute atomic E-state index is 0.167. The summed E-state index contributed by atoms with van der Waals surface area (Å²) in [5, 5.41) is 0. The first kappa shape index (κ1) is 19.5. The Balaban J connectivity index is 1.41. The number of fused-ring (bicyclic) bond motifs is 2. The molecule has 0 bridgehead atoms. The van der Waals surface area contributed by atoms with E-state index in [2.05, 4.69) is 11.0 Å². The summed E-state index contributed by atoms with van der Waals surface area (Å²) in [6, 6.07) is 8.02. The van der Waals surface area contributed by atoms with Crippen LogP contribution < -0.4 is 4.90 Å². The average molecular weight is 411 g/mol. The number of benzene rings is 1. The molecule has 0 aromatic heterocycles. The van der Waals surface area contributed by atoms with Gasteiger partial charge in [-0.2, -0.15) is 0 Å². The smallest absolute Gasteiger partial charge is 0.313 e. The third-order valence-electron chi connectivity index (χ3n) is 7.63. The molecule has 1 aromatic carbocycles. The SMILES string of the molecule is CN1C(=O)N(CC(=O)N2C[C@@H]3CCCN3Cc3ccccc32)C(=O)C12CCCCC2. The molecule has 0 radical (unpaired) electrons. The molecule has 3 heterocycles. The quantitative estimate of drug-likeness (QED) is 0.703. The Morgan fingerprint density at radius 2 is 1.87 bits per heavy atom. The predicted molar refractivity (Wildman–Crippen MR) is 113 cm³/mol. The van der Waals surface area contributed by atoms with Crippen LogP contribution >= 0.6 is 0 Å². The molecule has 1 saturated carbocycles. The number of amides is 4. The number of anilines is 1. The second kappa shape index (κ2) is 7.38. The van der Waals surface area contributed by atoms with Crippen LogP contribution in [0, 0.1) is 0 Å². The van der Waals surface area contributed by atoms with Crippen molar-refractivity contribution in [3.63, 3.8) is 0 Å². The molecule has 0 unspecified atom stereocenters. The number of likely N-dealkylation sites (N-methyl/N-ethyl adjacent to an activating group) is 1. The molecule has 1 spiro atoms. The molecule has 2 saturated heterocycles. The van der Waals surface area contributed by atoms with Crippen LogP contribution in [0.2, 0.25) is 0 Å². The van der Waals surface area contributed by atoms with E-state index in [-0.39, 0.29) is 24.4 Å². The molecular formula is C23H30N4O3. The van der Waals surface area contributed by atoms with Gasteiger partial charge < -0.3 is 9.80 Å². The maximum absolute atomic E-state index is 13.5. The minimum Gasteiger partial charge on any atom is -0.313 e. The van der Waals surface area contributed by atoms with Gasteiger partial charge in [0.05, 0.1) is 0 Å². The molecule has 7 heteroatoms. The van der Waals surface area contributed by atoms with Crippen molar-refractivity contribution < 1.29 is 14.4 Å². The lowest BCUT2D eigenvalue weighted by Gasteiger charge is -2.35. The van der Waals surface area contributed by atoms with Crippen molar-refractivity contribution >= 4 is 23.5 Å². The molecule has 3 aliphatic heterocycles. The van der Waals surface area contributed by atoms with Crippen LogP contribution in [0.25, 0.3) is 0 Å². The van der Waals surface area contributed by atoms with Gasteiger partial charge in [0.2, 0.25) is 5.91 Å². The van der Waals surface area contributed by atoms with Gasteiger partial charge in [-0.3, -0.25) is 19.4 Å². The predicted octanol–water partition coefficient (Wildman–Crippen LogP) is 2.59. The highest BCUT2D eigenvalue weighted by Crippen LogP contribution is 2.39. The molecular weight excluding hydrogens is 380 g/mol. The Morgan fingerprint density at radius 1 is 1.10 bits per heavy atom. The fourth-order valence-electron chi connectivity index (χ4n) is 5.87. The second-order valence-corrected chi connectivity index (χ2v) is 9.22. The van der Waals surface area contributed by atoms with E-state index < -0.39 is 5.54 Å². The Kier molecular flexibility index (Phi) is 4.81. The van der Waals surface area contributed by atoms with E-state index >= 15 is 0 Å². The number of rotatable bonds is 2. The van der Waals surface area contributed by atoms with E-state index in [1.54, 1.807) is 11.9 Å². The Morgan fingerprint density at radius 3 is 2.67 bits per heavy atom. The van der Waals surface area contributed by atoms with Gasteiger partial charge in [0.15, 0.2) is 0 Å². The van der Waals surface area contributed by atoms with Crippen molar-refractivity contribution in [2.75, 3.05) is 31.6 Å². The number of para-hydroxylation sites is 1. The van der Waals surface area contributed by atoms with Crippen molar-refractivity contribution in [3.8, 4) is 0 Å². The van der Waals surface area contributed by atoms with Crippen molar-refractivity contribution in [3.05, 3.63) is 29.8 Å². The minimum atomic E-state index is -0.742. The van der Waals surface area contributed by atoms with Gasteiger partial charge in [0.25, 0.3) is 5.91 Å². The lowest BCUT2D eigenvalue weighted by atomic mass is 9.81. The molecule has 4 aliphatic rings. The molecule has 160 valence electrons. The van der Waals surface area contributed by atoms with Gasteiger partial charge in [-0.15, -0.1) is 0 Å². The van der Waals surface area contributed by atoms with E-state index in [9.17, 15) is 14.4 Å². The highest BCUT2D eigenvalue weighted by Gasteiger charge is 2.56. The lowest BCUT2D eigenvalue weighted by molar-refractivity contribution is -0.136. The topological polar surface area (TPSA) is 64.2 Å². The van der Waals surface area contributed by atoms with Crippen molar-refractivity contribution in [1.82, 2.24) is 14.7 Å². The van der Waals surface area contributed by atoms with E-state index in [1.807, 2.05) is 23.1 Å². The number of carbonyl (C=O) groups is 3. The summed E-state index contributed by atoms with van der Waals surface area (Å²) in [6.45, 7) is 2.34. The molecule has 30 heavy (non-hydrogen) atoms. The lowest BCUT2D eigenvalue weighted by Crippen LogP contribution is -2.50. The molecule has 4 amide bonds. The van der Waals surface area contributed by atoms with Gasteiger partial charge in [0, 0.05) is 31.9 Å². The summed E-state index contributed by atoms with van der Waals surface area (Å²) in [6.07, 6.45) is 6.60. The maximum Gasteiger partial charge on any atom is 0.327 e. The number of hydrogen-bond donors (Lipinski definition) is 0. The van der Waals surface area contributed by atoms with Crippen molar-refractivity contribution in [2.24, 2.45) is 0 Å². The highest BCUT2D eigenvalue weighted by atomic mass is 16.2. The van der Waals surface area contributed by atoms with Gasteiger partial charge in [0.1, 0.15) is 12.1 Å². The molecule has 1 aliphatic carbocycles. The fraction of sp³-hybridized carbons (Fsp3) is 0.609. The summed E-state index contributed by atoms with van der Waals surface area (Å²) in [7, 11) is 1.72. The first-order chi connectivity index (χ1) is 14.5. The molecule has 1 atom stereocenters. The van der Waals surface area contributed by atoms with Crippen molar-refractivity contribution in [1.29, 1.82) is 0 Å². The summed E-state index contributed by atoms with van der Waals surface area (Å²) in [4.78, 5) is 46.8. The van der Waals surface area contributed by atoms with Gasteiger partial charge in [-0.25, -0.2) is 4.79 Å².